The molecule has 0 spiro atoms. The summed E-state index contributed by atoms with van der Waals surface area (Å²) in [5.41, 5.74) is 0.930. The number of rotatable bonds is 2. The lowest BCUT2D eigenvalue weighted by molar-refractivity contribution is 0.419. The second-order valence-corrected chi connectivity index (χ2v) is 3.61. The number of fused-ring (bicyclic) bond motifs is 1. The van der Waals surface area contributed by atoms with Crippen molar-refractivity contribution < 1.29 is 4.74 Å². The fourth-order valence-electron chi connectivity index (χ4n) is 1.19. The molecule has 0 fully saturated rings. The van der Waals surface area contributed by atoms with Crippen LogP contribution in [0.3, 0.4) is 0 Å². The van der Waals surface area contributed by atoms with Crippen molar-refractivity contribution in [2.75, 3.05) is 19.5 Å². The Bertz CT molecular complexity index is 424. The maximum absolute atomic E-state index is 5.20. The Kier molecular flexibility index (Phi) is 2.06. The molecule has 0 aliphatic heterocycles. The SMILES string of the molecule is CNc1nc2c(OC)cccc2s1. The van der Waals surface area contributed by atoms with Gasteiger partial charge in [0.25, 0.3) is 0 Å². The van der Waals surface area contributed by atoms with Crippen LogP contribution in [0.25, 0.3) is 10.2 Å². The number of nitrogens with one attached hydrogen (secondary N) is 1. The van der Waals surface area contributed by atoms with Crippen LogP contribution in [0, 0.1) is 0 Å². The molecule has 0 amide bonds. The van der Waals surface area contributed by atoms with Crippen LogP contribution < -0.4 is 10.1 Å². The molecule has 0 atom stereocenters. The van der Waals surface area contributed by atoms with E-state index in [4.69, 9.17) is 4.74 Å². The lowest BCUT2D eigenvalue weighted by Crippen LogP contribution is -1.86. The van der Waals surface area contributed by atoms with Gasteiger partial charge in [-0.2, -0.15) is 0 Å². The maximum Gasteiger partial charge on any atom is 0.183 e. The van der Waals surface area contributed by atoms with Gasteiger partial charge in [0.05, 0.1) is 11.8 Å². The molecule has 0 bridgehead atoms. The standard InChI is InChI=1S/C9H10N2OS/c1-10-9-11-8-6(12-2)4-3-5-7(8)13-9/h3-5H,1-2H3,(H,10,11). The third kappa shape index (κ3) is 1.33. The van der Waals surface area contributed by atoms with E-state index in [1.54, 1.807) is 18.4 Å². The number of thiazole rings is 1. The first-order chi connectivity index (χ1) is 6.35. The van der Waals surface area contributed by atoms with E-state index in [-0.39, 0.29) is 0 Å². The van der Waals surface area contributed by atoms with Gasteiger partial charge in [0, 0.05) is 7.05 Å². The number of hydrogen-bond donors (Lipinski definition) is 1. The summed E-state index contributed by atoms with van der Waals surface area (Å²) < 4.78 is 6.34. The van der Waals surface area contributed by atoms with E-state index in [2.05, 4.69) is 10.3 Å². The van der Waals surface area contributed by atoms with Gasteiger partial charge in [0.1, 0.15) is 11.3 Å². The van der Waals surface area contributed by atoms with Crippen molar-refractivity contribution >= 4 is 26.7 Å². The van der Waals surface area contributed by atoms with Crippen LogP contribution in [0.2, 0.25) is 0 Å². The molecule has 0 saturated heterocycles. The predicted octanol–water partition coefficient (Wildman–Crippen LogP) is 2.35. The summed E-state index contributed by atoms with van der Waals surface area (Å²) in [6.07, 6.45) is 0. The molecule has 13 heavy (non-hydrogen) atoms. The van der Waals surface area contributed by atoms with Crippen LogP contribution in [-0.4, -0.2) is 19.1 Å². The molecule has 1 aromatic heterocycles. The number of anilines is 1. The Hall–Kier alpha value is -1.29. The van der Waals surface area contributed by atoms with Gasteiger partial charge in [0.15, 0.2) is 5.13 Å². The Labute approximate surface area is 80.4 Å². The molecule has 1 heterocycles. The van der Waals surface area contributed by atoms with E-state index in [1.165, 1.54) is 0 Å². The molecule has 0 radical (unpaired) electrons. The van der Waals surface area contributed by atoms with Gasteiger partial charge in [-0.3, -0.25) is 0 Å². The van der Waals surface area contributed by atoms with Crippen molar-refractivity contribution in [3.8, 4) is 5.75 Å². The van der Waals surface area contributed by atoms with Crippen molar-refractivity contribution in [3.05, 3.63) is 18.2 Å². The molecule has 0 aliphatic carbocycles. The minimum Gasteiger partial charge on any atom is -0.494 e. The third-order valence-electron chi connectivity index (χ3n) is 1.82. The zero-order valence-electron chi connectivity index (χ0n) is 7.50. The molecule has 2 rings (SSSR count). The van der Waals surface area contributed by atoms with Gasteiger partial charge in [0.2, 0.25) is 0 Å². The summed E-state index contributed by atoms with van der Waals surface area (Å²) in [4.78, 5) is 4.38. The fourth-order valence-corrected chi connectivity index (χ4v) is 2.03. The first kappa shape index (κ1) is 8.31. The van der Waals surface area contributed by atoms with Crippen molar-refractivity contribution in [3.63, 3.8) is 0 Å². The van der Waals surface area contributed by atoms with Gasteiger partial charge in [-0.05, 0) is 12.1 Å². The van der Waals surface area contributed by atoms with Crippen molar-refractivity contribution in [2.24, 2.45) is 0 Å². The van der Waals surface area contributed by atoms with E-state index in [0.29, 0.717) is 0 Å². The average molecular weight is 194 g/mol. The van der Waals surface area contributed by atoms with Crippen LogP contribution >= 0.6 is 11.3 Å². The predicted molar refractivity (Wildman–Crippen MR) is 55.7 cm³/mol. The summed E-state index contributed by atoms with van der Waals surface area (Å²) in [5.74, 6) is 0.829. The number of methoxy groups -OCH3 is 1. The molecular weight excluding hydrogens is 184 g/mol. The van der Waals surface area contributed by atoms with Crippen molar-refractivity contribution in [1.29, 1.82) is 0 Å². The smallest absolute Gasteiger partial charge is 0.183 e. The Morgan fingerprint density at radius 3 is 3.00 bits per heavy atom. The molecule has 3 nitrogen and oxygen atoms in total. The third-order valence-corrected chi connectivity index (χ3v) is 2.85. The number of aromatic nitrogens is 1. The second-order valence-electron chi connectivity index (χ2n) is 2.58. The van der Waals surface area contributed by atoms with E-state index in [1.807, 2.05) is 25.2 Å². The topological polar surface area (TPSA) is 34.2 Å². The van der Waals surface area contributed by atoms with Crippen LogP contribution in [0.15, 0.2) is 18.2 Å². The van der Waals surface area contributed by atoms with E-state index >= 15 is 0 Å². The van der Waals surface area contributed by atoms with Crippen LogP contribution in [-0.2, 0) is 0 Å². The van der Waals surface area contributed by atoms with Gasteiger partial charge in [-0.25, -0.2) is 4.98 Å². The van der Waals surface area contributed by atoms with Gasteiger partial charge in [-0.1, -0.05) is 17.4 Å². The van der Waals surface area contributed by atoms with Gasteiger partial charge in [-0.15, -0.1) is 0 Å². The highest BCUT2D eigenvalue weighted by Crippen LogP contribution is 2.31. The van der Waals surface area contributed by atoms with E-state index in [0.717, 1.165) is 21.1 Å². The monoisotopic (exact) mass is 194 g/mol. The molecule has 1 aromatic carbocycles. The van der Waals surface area contributed by atoms with Crippen LogP contribution in [0.5, 0.6) is 5.75 Å². The van der Waals surface area contributed by atoms with E-state index in [9.17, 15) is 0 Å². The molecular formula is C9H10N2OS. The van der Waals surface area contributed by atoms with E-state index < -0.39 is 0 Å². The number of para-hydroxylation sites is 1. The lowest BCUT2D eigenvalue weighted by atomic mass is 10.3. The zero-order chi connectivity index (χ0) is 9.26. The molecule has 0 aliphatic rings. The molecule has 1 N–H and O–H groups in total. The average Bonchev–Trinajstić information content (AvgIpc) is 2.59. The number of benzene rings is 1. The summed E-state index contributed by atoms with van der Waals surface area (Å²) in [5, 5.41) is 3.94. The molecule has 2 aromatic rings. The lowest BCUT2D eigenvalue weighted by Gasteiger charge is -1.97. The van der Waals surface area contributed by atoms with Gasteiger partial charge < -0.3 is 10.1 Å². The maximum atomic E-state index is 5.20. The summed E-state index contributed by atoms with van der Waals surface area (Å²) >= 11 is 1.62. The fraction of sp³-hybridized carbons (Fsp3) is 0.222. The zero-order valence-corrected chi connectivity index (χ0v) is 8.31. The molecule has 68 valence electrons. The highest BCUT2D eigenvalue weighted by Gasteiger charge is 2.06. The summed E-state index contributed by atoms with van der Waals surface area (Å²) in [6, 6.07) is 5.93. The molecule has 0 unspecified atom stereocenters. The molecule has 0 saturated carbocycles. The number of ether oxygens (including phenoxy) is 1. The number of nitrogens with zero attached hydrogens (tertiary/aromatic N) is 1. The minimum atomic E-state index is 0.829. The minimum absolute atomic E-state index is 0.829. The Morgan fingerprint density at radius 1 is 1.46 bits per heavy atom. The Morgan fingerprint density at radius 2 is 2.31 bits per heavy atom. The number of hydrogen-bond acceptors (Lipinski definition) is 4. The largest absolute Gasteiger partial charge is 0.494 e. The first-order valence-corrected chi connectivity index (χ1v) is 4.78. The van der Waals surface area contributed by atoms with Crippen LogP contribution in [0.4, 0.5) is 5.13 Å². The van der Waals surface area contributed by atoms with Gasteiger partial charge >= 0.3 is 0 Å². The highest BCUT2D eigenvalue weighted by molar-refractivity contribution is 7.22. The quantitative estimate of drug-likeness (QED) is 0.796. The summed E-state index contributed by atoms with van der Waals surface area (Å²) in [6.45, 7) is 0. The second kappa shape index (κ2) is 3.22. The highest BCUT2D eigenvalue weighted by atomic mass is 32.1. The normalized spacial score (nSPS) is 10.3. The molecule has 4 heteroatoms. The van der Waals surface area contributed by atoms with Crippen molar-refractivity contribution in [1.82, 2.24) is 4.98 Å². The summed E-state index contributed by atoms with van der Waals surface area (Å²) in [7, 11) is 3.53. The van der Waals surface area contributed by atoms with Crippen molar-refractivity contribution in [2.45, 2.75) is 0 Å². The Balaban J connectivity index is 2.67. The van der Waals surface area contributed by atoms with Crippen LogP contribution in [0.1, 0.15) is 0 Å². The first-order valence-electron chi connectivity index (χ1n) is 3.96.